The number of carbonyl (C=O) groups is 4. The van der Waals surface area contributed by atoms with Crippen molar-refractivity contribution in [3.8, 4) is 0 Å². The van der Waals surface area contributed by atoms with Crippen molar-refractivity contribution in [1.82, 2.24) is 4.90 Å². The molecule has 0 bridgehead atoms. The lowest BCUT2D eigenvalue weighted by Gasteiger charge is -2.44. The molecule has 13 heteroatoms. The van der Waals surface area contributed by atoms with Crippen molar-refractivity contribution in [2.75, 3.05) is 13.2 Å². The summed E-state index contributed by atoms with van der Waals surface area (Å²) in [6.07, 6.45) is -2.58. The highest BCUT2D eigenvalue weighted by Crippen LogP contribution is 2.28. The van der Waals surface area contributed by atoms with Crippen LogP contribution in [0.4, 0.5) is 4.79 Å². The smallest absolute Gasteiger partial charge is 0.456 e. The van der Waals surface area contributed by atoms with Gasteiger partial charge in [0, 0.05) is 0 Å². The summed E-state index contributed by atoms with van der Waals surface area (Å²) in [6.45, 7) is 1.67. The summed E-state index contributed by atoms with van der Waals surface area (Å²) in [5.41, 5.74) is 6.80. The van der Waals surface area contributed by atoms with Crippen LogP contribution in [-0.4, -0.2) is 58.2 Å². The molecule has 1 saturated heterocycles. The maximum Gasteiger partial charge on any atom is 0.508 e. The molecule has 10 nitrogen and oxygen atoms in total. The van der Waals surface area contributed by atoms with Gasteiger partial charge in [-0.1, -0.05) is 65.1 Å². The first-order valence-electron chi connectivity index (χ1n) is 9.43. The van der Waals surface area contributed by atoms with Crippen molar-refractivity contribution in [2.24, 2.45) is 5.73 Å². The summed E-state index contributed by atoms with van der Waals surface area (Å²) in [4.78, 5) is 49.4. The molecule has 2 N–H and O–H groups in total. The van der Waals surface area contributed by atoms with Gasteiger partial charge in [0.15, 0.2) is 6.61 Å². The number of carbonyl (C=O) groups excluding carboxylic acids is 4. The molecular weight excluding hydrogens is 503 g/mol. The van der Waals surface area contributed by atoms with Gasteiger partial charge >= 0.3 is 18.1 Å². The van der Waals surface area contributed by atoms with Gasteiger partial charge in [0.1, 0.15) is 25.0 Å². The zero-order valence-corrected chi connectivity index (χ0v) is 19.9. The number of alkyl halides is 3. The predicted molar refractivity (Wildman–Crippen MR) is 117 cm³/mol. The number of hydrogen-bond acceptors (Lipinski definition) is 9. The van der Waals surface area contributed by atoms with E-state index in [1.54, 1.807) is 38.1 Å². The number of halogens is 3. The van der Waals surface area contributed by atoms with E-state index in [0.29, 0.717) is 5.57 Å². The van der Waals surface area contributed by atoms with Crippen molar-refractivity contribution >= 4 is 58.8 Å². The summed E-state index contributed by atoms with van der Waals surface area (Å²) >= 11 is 16.3. The maximum absolute atomic E-state index is 12.7. The lowest BCUT2D eigenvalue weighted by Crippen LogP contribution is -2.70. The van der Waals surface area contributed by atoms with Crippen LogP contribution < -0.4 is 5.73 Å². The third-order valence-electron chi connectivity index (χ3n) is 4.12. The minimum atomic E-state index is -1.85. The summed E-state index contributed by atoms with van der Waals surface area (Å²) in [5, 5.41) is 0. The third-order valence-corrected chi connectivity index (χ3v) is 4.45. The molecule has 1 fully saturated rings. The van der Waals surface area contributed by atoms with Gasteiger partial charge in [0.25, 0.3) is 5.91 Å². The molecule has 0 unspecified atom stereocenters. The first kappa shape index (κ1) is 26.7. The topological polar surface area (TPSA) is 134 Å². The zero-order chi connectivity index (χ0) is 24.8. The van der Waals surface area contributed by atoms with E-state index in [4.69, 9.17) is 50.0 Å². The Balaban J connectivity index is 1.97. The second-order valence-corrected chi connectivity index (χ2v) is 9.48. The Bertz CT molecular complexity index is 929. The Morgan fingerprint density at radius 1 is 1.06 bits per heavy atom. The van der Waals surface area contributed by atoms with Gasteiger partial charge in [-0.15, -0.1) is 0 Å². The molecule has 0 spiro atoms. The fraction of sp³-hybridized carbons (Fsp3) is 0.400. The molecule has 1 aromatic rings. The molecule has 1 aliphatic rings. The van der Waals surface area contributed by atoms with Crippen LogP contribution in [0, 0.1) is 0 Å². The number of allylic oxidation sites excluding steroid dienone is 1. The van der Waals surface area contributed by atoms with E-state index in [1.807, 2.05) is 6.07 Å². The second kappa shape index (κ2) is 11.6. The Labute approximate surface area is 204 Å². The van der Waals surface area contributed by atoms with Crippen molar-refractivity contribution in [3.05, 3.63) is 47.2 Å². The zero-order valence-electron chi connectivity index (χ0n) is 17.6. The molecule has 2 rings (SSSR count). The van der Waals surface area contributed by atoms with Gasteiger partial charge in [0.05, 0.1) is 0 Å². The van der Waals surface area contributed by atoms with E-state index >= 15 is 0 Å². The number of nitrogens with two attached hydrogens (primary N) is 1. The van der Waals surface area contributed by atoms with Crippen molar-refractivity contribution < 1.29 is 38.1 Å². The van der Waals surface area contributed by atoms with E-state index in [-0.39, 0.29) is 12.3 Å². The molecule has 33 heavy (non-hydrogen) atoms. The van der Waals surface area contributed by atoms with E-state index in [2.05, 4.69) is 9.47 Å². The predicted octanol–water partition coefficient (Wildman–Crippen LogP) is 2.59. The van der Waals surface area contributed by atoms with Crippen LogP contribution in [0.1, 0.15) is 19.4 Å². The highest BCUT2D eigenvalue weighted by atomic mass is 35.6. The number of nitrogens with zero attached hydrogens (tertiary/aromatic N) is 1. The third kappa shape index (κ3) is 7.78. The Hall–Kier alpha value is -2.53. The summed E-state index contributed by atoms with van der Waals surface area (Å²) in [7, 11) is 0. The van der Waals surface area contributed by atoms with Gasteiger partial charge < -0.3 is 24.7 Å². The Kier molecular flexibility index (Phi) is 9.35. The number of esters is 2. The summed E-state index contributed by atoms with van der Waals surface area (Å²) in [6, 6.07) is 7.70. The molecule has 0 aromatic heterocycles. The number of rotatable bonds is 8. The Morgan fingerprint density at radius 3 is 2.27 bits per heavy atom. The maximum atomic E-state index is 12.7. The lowest BCUT2D eigenvalue weighted by molar-refractivity contribution is -0.188. The fourth-order valence-electron chi connectivity index (χ4n) is 2.65. The normalized spacial score (nSPS) is 17.5. The van der Waals surface area contributed by atoms with Crippen molar-refractivity contribution in [3.63, 3.8) is 0 Å². The van der Waals surface area contributed by atoms with Crippen LogP contribution in [0.3, 0.4) is 0 Å². The molecule has 1 aromatic carbocycles. The van der Waals surface area contributed by atoms with Crippen LogP contribution in [0.2, 0.25) is 0 Å². The minimum Gasteiger partial charge on any atom is -0.456 e. The van der Waals surface area contributed by atoms with Crippen molar-refractivity contribution in [1.29, 1.82) is 0 Å². The van der Waals surface area contributed by atoms with Gasteiger partial charge in [-0.3, -0.25) is 9.69 Å². The van der Waals surface area contributed by atoms with Crippen molar-refractivity contribution in [2.45, 2.75) is 36.5 Å². The fourth-order valence-corrected chi connectivity index (χ4v) is 2.82. The SMILES string of the molecule is CC(C)=C(C(=O)OCc1ccccc1)N1C(=O)[C@@H](N)[C@H]1OC(=O)COC(=O)OCC(Cl)(Cl)Cl. The number of benzene rings is 1. The number of hydrogen-bond donors (Lipinski definition) is 1. The molecule has 0 aliphatic carbocycles. The van der Waals surface area contributed by atoms with Gasteiger partial charge in [-0.25, -0.2) is 14.4 Å². The standard InChI is InChI=1S/C20H21Cl3N2O8/c1-11(2)15(18(28)30-8-12-6-4-3-5-7-12)25-16(27)14(24)17(25)33-13(26)9-31-19(29)32-10-20(21,22)23/h3-7,14,17H,8-10,24H2,1-2H3/t14-,17-/m1/s1. The molecule has 1 amide bonds. The molecule has 180 valence electrons. The first-order chi connectivity index (χ1) is 15.4. The van der Waals surface area contributed by atoms with E-state index in [9.17, 15) is 19.2 Å². The van der Waals surface area contributed by atoms with Crippen LogP contribution >= 0.6 is 34.8 Å². The average molecular weight is 524 g/mol. The van der Waals surface area contributed by atoms with Crippen LogP contribution in [0.25, 0.3) is 0 Å². The number of amides is 1. The van der Waals surface area contributed by atoms with Crippen LogP contribution in [0.5, 0.6) is 0 Å². The van der Waals surface area contributed by atoms with Crippen LogP contribution in [-0.2, 0) is 39.9 Å². The average Bonchev–Trinajstić information content (AvgIpc) is 2.76. The quantitative estimate of drug-likeness (QED) is 0.179. The van der Waals surface area contributed by atoms with Gasteiger partial charge in [-0.2, -0.15) is 0 Å². The van der Waals surface area contributed by atoms with E-state index in [1.165, 1.54) is 0 Å². The number of likely N-dealkylation sites (tertiary alicyclic amines) is 1. The minimum absolute atomic E-state index is 0.0286. The lowest BCUT2D eigenvalue weighted by atomic mass is 10.0. The Morgan fingerprint density at radius 2 is 1.70 bits per heavy atom. The highest BCUT2D eigenvalue weighted by molar-refractivity contribution is 6.67. The summed E-state index contributed by atoms with van der Waals surface area (Å²) < 4.78 is 17.6. The molecule has 0 radical (unpaired) electrons. The molecule has 0 saturated carbocycles. The molecule has 1 heterocycles. The molecule has 1 aliphatic heterocycles. The molecular formula is C20H21Cl3N2O8. The number of ether oxygens (including phenoxy) is 4. The van der Waals surface area contributed by atoms with E-state index in [0.717, 1.165) is 10.5 Å². The number of β-lactam (4-membered cyclic amide) rings is 1. The summed E-state index contributed by atoms with van der Waals surface area (Å²) in [5.74, 6) is -2.50. The van der Waals surface area contributed by atoms with Gasteiger partial charge in [-0.05, 0) is 25.0 Å². The van der Waals surface area contributed by atoms with E-state index < -0.39 is 53.3 Å². The first-order valence-corrected chi connectivity index (χ1v) is 10.6. The van der Waals surface area contributed by atoms with Crippen LogP contribution in [0.15, 0.2) is 41.6 Å². The largest absolute Gasteiger partial charge is 0.508 e. The monoisotopic (exact) mass is 522 g/mol. The second-order valence-electron chi connectivity index (χ2n) is 6.97. The van der Waals surface area contributed by atoms with Gasteiger partial charge in [0.2, 0.25) is 10.0 Å². The highest BCUT2D eigenvalue weighted by Gasteiger charge is 2.51. The molecule has 2 atom stereocenters.